The number of carbonyl (C=O) groups excluding carboxylic acids is 1. The summed E-state index contributed by atoms with van der Waals surface area (Å²) in [5.41, 5.74) is -1.65. The number of hydrogen-bond donors (Lipinski definition) is 1. The highest BCUT2D eigenvalue weighted by Gasteiger charge is 2.37. The molecule has 0 bridgehead atoms. The van der Waals surface area contributed by atoms with Crippen LogP contribution in [0.3, 0.4) is 0 Å². The van der Waals surface area contributed by atoms with Crippen LogP contribution in [0.2, 0.25) is 0 Å². The molecular formula is C19H15F4N5O2S. The molecule has 0 saturated heterocycles. The van der Waals surface area contributed by atoms with Gasteiger partial charge in [-0.2, -0.15) is 18.3 Å². The molecule has 1 aliphatic rings. The Balaban J connectivity index is 1.49. The number of amides is 1. The van der Waals surface area contributed by atoms with Crippen molar-refractivity contribution in [1.82, 2.24) is 25.3 Å². The molecule has 162 valence electrons. The topological polar surface area (TPSA) is 89.8 Å². The van der Waals surface area contributed by atoms with E-state index in [0.29, 0.717) is 5.56 Å². The van der Waals surface area contributed by atoms with Crippen LogP contribution in [0.5, 0.6) is 0 Å². The van der Waals surface area contributed by atoms with Crippen LogP contribution >= 0.6 is 11.3 Å². The van der Waals surface area contributed by atoms with Gasteiger partial charge in [-0.1, -0.05) is 23.5 Å². The molecule has 3 aromatic rings. The lowest BCUT2D eigenvalue weighted by molar-refractivity contribution is -0.139. The first-order valence-corrected chi connectivity index (χ1v) is 10.1. The van der Waals surface area contributed by atoms with Crippen LogP contribution in [-0.4, -0.2) is 25.9 Å². The SMILES string of the molecule is O=C(NCc1ccc(F)cc1)c1nnc(Cn2nc(C3CC3)cc(C(F)(F)F)c2=O)s1. The molecule has 1 amide bonds. The van der Waals surface area contributed by atoms with Gasteiger partial charge in [-0.15, -0.1) is 10.2 Å². The van der Waals surface area contributed by atoms with Gasteiger partial charge in [0.05, 0.1) is 12.2 Å². The highest BCUT2D eigenvalue weighted by molar-refractivity contribution is 7.13. The number of carbonyl (C=O) groups is 1. The van der Waals surface area contributed by atoms with E-state index >= 15 is 0 Å². The summed E-state index contributed by atoms with van der Waals surface area (Å²) in [4.78, 5) is 24.5. The standard InChI is InChI=1S/C19H15F4N5O2S/c20-12-5-1-10(2-6-12)8-24-16(29)17-26-25-15(31-17)9-28-18(30)13(19(21,22)23)7-14(27-28)11-3-4-11/h1-2,5-7,11H,3-4,8-9H2,(H,24,29). The Labute approximate surface area is 176 Å². The summed E-state index contributed by atoms with van der Waals surface area (Å²) in [6, 6.07) is 6.38. The van der Waals surface area contributed by atoms with Gasteiger partial charge in [0.1, 0.15) is 16.4 Å². The summed E-state index contributed by atoms with van der Waals surface area (Å²) >= 11 is 0.850. The largest absolute Gasteiger partial charge is 0.421 e. The minimum Gasteiger partial charge on any atom is -0.346 e. The van der Waals surface area contributed by atoms with E-state index in [2.05, 4.69) is 20.6 Å². The van der Waals surface area contributed by atoms with E-state index in [9.17, 15) is 27.2 Å². The fourth-order valence-corrected chi connectivity index (χ4v) is 3.59. The van der Waals surface area contributed by atoms with Gasteiger partial charge >= 0.3 is 6.18 Å². The van der Waals surface area contributed by atoms with Crippen LogP contribution in [-0.2, 0) is 19.3 Å². The zero-order valence-corrected chi connectivity index (χ0v) is 16.6. The van der Waals surface area contributed by atoms with Gasteiger partial charge in [-0.25, -0.2) is 9.07 Å². The highest BCUT2D eigenvalue weighted by atomic mass is 32.1. The van der Waals surface area contributed by atoms with Crippen LogP contribution in [0.1, 0.15) is 50.4 Å². The average Bonchev–Trinajstić information content (AvgIpc) is 3.46. The van der Waals surface area contributed by atoms with Gasteiger partial charge in [-0.3, -0.25) is 9.59 Å². The summed E-state index contributed by atoms with van der Waals surface area (Å²) in [6.07, 6.45) is -3.35. The van der Waals surface area contributed by atoms with Crippen LogP contribution in [0.4, 0.5) is 17.6 Å². The second kappa shape index (κ2) is 8.17. The van der Waals surface area contributed by atoms with Crippen LogP contribution in [0.25, 0.3) is 0 Å². The monoisotopic (exact) mass is 453 g/mol. The van der Waals surface area contributed by atoms with Crippen LogP contribution < -0.4 is 10.9 Å². The maximum Gasteiger partial charge on any atom is 0.421 e. The maximum atomic E-state index is 13.2. The second-order valence-electron chi connectivity index (χ2n) is 7.03. The van der Waals surface area contributed by atoms with Crippen LogP contribution in [0.15, 0.2) is 35.1 Å². The van der Waals surface area contributed by atoms with Gasteiger partial charge in [-0.05, 0) is 36.6 Å². The Bertz CT molecular complexity index is 1170. The summed E-state index contributed by atoms with van der Waals surface area (Å²) in [7, 11) is 0. The smallest absolute Gasteiger partial charge is 0.346 e. The van der Waals surface area contributed by atoms with Crippen molar-refractivity contribution >= 4 is 17.2 Å². The van der Waals surface area contributed by atoms with Gasteiger partial charge in [0.15, 0.2) is 0 Å². The van der Waals surface area contributed by atoms with Crippen molar-refractivity contribution in [3.63, 3.8) is 0 Å². The summed E-state index contributed by atoms with van der Waals surface area (Å²) in [5, 5.41) is 14.3. The minimum atomic E-state index is -4.79. The zero-order valence-electron chi connectivity index (χ0n) is 15.8. The molecule has 7 nitrogen and oxygen atoms in total. The summed E-state index contributed by atoms with van der Waals surface area (Å²) in [5.74, 6) is -1.03. The lowest BCUT2D eigenvalue weighted by Crippen LogP contribution is -2.31. The third-order valence-electron chi connectivity index (χ3n) is 4.61. The first-order chi connectivity index (χ1) is 14.7. The van der Waals surface area contributed by atoms with Gasteiger partial charge < -0.3 is 5.32 Å². The molecule has 1 fully saturated rings. The Morgan fingerprint density at radius 2 is 1.90 bits per heavy atom. The number of nitrogens with one attached hydrogen (secondary N) is 1. The van der Waals surface area contributed by atoms with Crippen LogP contribution in [0, 0.1) is 5.82 Å². The third-order valence-corrected chi connectivity index (χ3v) is 5.51. The number of halogens is 4. The van der Waals surface area contributed by atoms with Crippen molar-refractivity contribution in [3.05, 3.63) is 73.3 Å². The molecule has 1 aliphatic carbocycles. The first-order valence-electron chi connectivity index (χ1n) is 9.25. The van der Waals surface area contributed by atoms with Crippen molar-refractivity contribution < 1.29 is 22.4 Å². The molecule has 2 aromatic heterocycles. The van der Waals surface area contributed by atoms with Crippen molar-refractivity contribution in [2.75, 3.05) is 0 Å². The van der Waals surface area contributed by atoms with E-state index in [1.807, 2.05) is 0 Å². The number of aromatic nitrogens is 4. The predicted octanol–water partition coefficient (Wildman–Crippen LogP) is 3.11. The molecule has 0 spiro atoms. The van der Waals surface area contributed by atoms with E-state index in [1.54, 1.807) is 0 Å². The fraction of sp³-hybridized carbons (Fsp3) is 0.316. The molecule has 0 aliphatic heterocycles. The number of alkyl halides is 3. The van der Waals surface area contributed by atoms with E-state index in [-0.39, 0.29) is 34.7 Å². The Morgan fingerprint density at radius 1 is 1.19 bits per heavy atom. The molecule has 1 N–H and O–H groups in total. The molecule has 1 saturated carbocycles. The molecule has 0 radical (unpaired) electrons. The lowest BCUT2D eigenvalue weighted by atomic mass is 10.2. The van der Waals surface area contributed by atoms with Crippen molar-refractivity contribution in [2.45, 2.75) is 38.0 Å². The quantitative estimate of drug-likeness (QED) is 0.580. The maximum absolute atomic E-state index is 13.2. The molecule has 4 rings (SSSR count). The number of nitrogens with zero attached hydrogens (tertiary/aromatic N) is 4. The second-order valence-corrected chi connectivity index (χ2v) is 8.09. The van der Waals surface area contributed by atoms with E-state index in [4.69, 9.17) is 0 Å². The normalized spacial score (nSPS) is 13.9. The lowest BCUT2D eigenvalue weighted by Gasteiger charge is -2.11. The Hall–Kier alpha value is -3.15. The number of rotatable bonds is 6. The minimum absolute atomic E-state index is 0.0143. The van der Waals surface area contributed by atoms with Crippen molar-refractivity contribution in [1.29, 1.82) is 0 Å². The van der Waals surface area contributed by atoms with E-state index < -0.39 is 29.0 Å². The van der Waals surface area contributed by atoms with Gasteiger partial charge in [0.2, 0.25) is 5.01 Å². The average molecular weight is 453 g/mol. The number of hydrogen-bond acceptors (Lipinski definition) is 6. The van der Waals surface area contributed by atoms with Crippen molar-refractivity contribution in [2.24, 2.45) is 0 Å². The third kappa shape index (κ3) is 4.95. The molecule has 1 aromatic carbocycles. The molecule has 12 heteroatoms. The first kappa shape index (κ1) is 21.1. The molecule has 0 atom stereocenters. The van der Waals surface area contributed by atoms with E-state index in [0.717, 1.165) is 34.9 Å². The highest BCUT2D eigenvalue weighted by Crippen LogP contribution is 2.40. The molecule has 0 unspecified atom stereocenters. The Kier molecular flexibility index (Phi) is 5.56. The summed E-state index contributed by atoms with van der Waals surface area (Å²) in [6.45, 7) is -0.196. The molecule has 31 heavy (non-hydrogen) atoms. The molecule has 2 heterocycles. The number of benzene rings is 1. The van der Waals surface area contributed by atoms with E-state index in [1.165, 1.54) is 24.3 Å². The van der Waals surface area contributed by atoms with Gasteiger partial charge in [0, 0.05) is 12.5 Å². The predicted molar refractivity (Wildman–Crippen MR) is 102 cm³/mol. The van der Waals surface area contributed by atoms with Gasteiger partial charge in [0.25, 0.3) is 11.5 Å². The van der Waals surface area contributed by atoms with Crippen molar-refractivity contribution in [3.8, 4) is 0 Å². The molecular weight excluding hydrogens is 438 g/mol. The summed E-state index contributed by atoms with van der Waals surface area (Å²) < 4.78 is 53.4. The zero-order chi connectivity index (χ0) is 22.2. The fourth-order valence-electron chi connectivity index (χ4n) is 2.85. The Morgan fingerprint density at radius 3 is 2.55 bits per heavy atom.